The van der Waals surface area contributed by atoms with Gasteiger partial charge in [-0.15, -0.1) is 0 Å². The number of amides is 2. The van der Waals surface area contributed by atoms with Crippen molar-refractivity contribution in [3.63, 3.8) is 0 Å². The van der Waals surface area contributed by atoms with Crippen molar-refractivity contribution < 1.29 is 9.59 Å². The molecule has 3 rings (SSSR count). The molecule has 2 aromatic rings. The van der Waals surface area contributed by atoms with Gasteiger partial charge in [-0.05, 0) is 28.8 Å². The summed E-state index contributed by atoms with van der Waals surface area (Å²) in [4.78, 5) is 28.6. The van der Waals surface area contributed by atoms with Crippen molar-refractivity contribution in [3.05, 3.63) is 40.3 Å². The molecule has 0 aliphatic carbocycles. The fourth-order valence-corrected chi connectivity index (χ4v) is 4.02. The van der Waals surface area contributed by atoms with Crippen molar-refractivity contribution in [3.8, 4) is 0 Å². The van der Waals surface area contributed by atoms with Gasteiger partial charge in [-0.1, -0.05) is 0 Å². The Balaban J connectivity index is 1.83. The Morgan fingerprint density at radius 1 is 1.46 bits per heavy atom. The largest absolute Gasteiger partial charge is 0.341 e. The predicted octanol–water partition coefficient (Wildman–Crippen LogP) is 2.05. The number of hydrogen-bond donors (Lipinski definition) is 0. The van der Waals surface area contributed by atoms with Gasteiger partial charge in [-0.25, -0.2) is 0 Å². The number of rotatable bonds is 4. The SMILES string of the molecule is CN(Cc1ccsc1)C(=O)[C@H]1CCC(=O)N(C)[C@@H]1c1cnn(C)c1. The Bertz CT molecular complexity index is 725. The van der Waals surface area contributed by atoms with E-state index in [9.17, 15) is 9.59 Å². The Morgan fingerprint density at radius 2 is 2.25 bits per heavy atom. The number of aryl methyl sites for hydroxylation is 1. The summed E-state index contributed by atoms with van der Waals surface area (Å²) in [5, 5.41) is 8.27. The van der Waals surface area contributed by atoms with Crippen molar-refractivity contribution >= 4 is 23.2 Å². The third-order valence-corrected chi connectivity index (χ3v) is 5.35. The topological polar surface area (TPSA) is 58.4 Å². The van der Waals surface area contributed by atoms with E-state index in [4.69, 9.17) is 0 Å². The Hall–Kier alpha value is -2.15. The number of nitrogens with zero attached hydrogens (tertiary/aromatic N) is 4. The van der Waals surface area contributed by atoms with E-state index in [0.717, 1.165) is 11.1 Å². The highest BCUT2D eigenvalue weighted by Gasteiger charge is 2.40. The molecular formula is C17H22N4O2S. The summed E-state index contributed by atoms with van der Waals surface area (Å²) < 4.78 is 1.71. The van der Waals surface area contributed by atoms with Gasteiger partial charge >= 0.3 is 0 Å². The molecule has 0 aromatic carbocycles. The lowest BCUT2D eigenvalue weighted by Gasteiger charge is -2.39. The van der Waals surface area contributed by atoms with E-state index in [1.807, 2.05) is 31.7 Å². The van der Waals surface area contributed by atoms with Gasteiger partial charge in [0.25, 0.3) is 0 Å². The maximum absolute atomic E-state index is 13.0. The van der Waals surface area contributed by atoms with Crippen LogP contribution in [0.1, 0.15) is 30.0 Å². The summed E-state index contributed by atoms with van der Waals surface area (Å²) in [6.45, 7) is 0.594. The van der Waals surface area contributed by atoms with E-state index in [2.05, 4.69) is 10.5 Å². The maximum atomic E-state index is 13.0. The molecule has 1 fully saturated rings. The van der Waals surface area contributed by atoms with Crippen molar-refractivity contribution in [1.82, 2.24) is 19.6 Å². The highest BCUT2D eigenvalue weighted by molar-refractivity contribution is 7.07. The summed E-state index contributed by atoms with van der Waals surface area (Å²) in [6, 6.07) is 1.78. The summed E-state index contributed by atoms with van der Waals surface area (Å²) in [7, 11) is 5.45. The summed E-state index contributed by atoms with van der Waals surface area (Å²) >= 11 is 1.63. The minimum atomic E-state index is -0.252. The molecule has 2 atom stereocenters. The van der Waals surface area contributed by atoms with E-state index >= 15 is 0 Å². The van der Waals surface area contributed by atoms with E-state index in [0.29, 0.717) is 19.4 Å². The maximum Gasteiger partial charge on any atom is 0.228 e. The van der Waals surface area contributed by atoms with Crippen LogP contribution in [0.15, 0.2) is 29.2 Å². The fraction of sp³-hybridized carbons (Fsp3) is 0.471. The number of hydrogen-bond acceptors (Lipinski definition) is 4. The van der Waals surface area contributed by atoms with Crippen molar-refractivity contribution in [2.24, 2.45) is 13.0 Å². The molecule has 0 spiro atoms. The summed E-state index contributed by atoms with van der Waals surface area (Å²) in [5.74, 6) is -0.0803. The van der Waals surface area contributed by atoms with Crippen LogP contribution in [0.4, 0.5) is 0 Å². The number of piperidine rings is 1. The van der Waals surface area contributed by atoms with Crippen LogP contribution < -0.4 is 0 Å². The summed E-state index contributed by atoms with van der Waals surface area (Å²) in [6.07, 6.45) is 4.63. The molecule has 0 radical (unpaired) electrons. The van der Waals surface area contributed by atoms with Crippen LogP contribution in [0.3, 0.4) is 0 Å². The first-order chi connectivity index (χ1) is 11.5. The molecule has 0 unspecified atom stereocenters. The van der Waals surface area contributed by atoms with Crippen molar-refractivity contribution in [2.45, 2.75) is 25.4 Å². The molecular weight excluding hydrogens is 324 g/mol. The quantitative estimate of drug-likeness (QED) is 0.851. The number of carbonyl (C=O) groups is 2. The number of likely N-dealkylation sites (tertiary alicyclic amines) is 1. The van der Waals surface area contributed by atoms with E-state index < -0.39 is 0 Å². The second kappa shape index (κ2) is 6.76. The first-order valence-corrected chi connectivity index (χ1v) is 8.92. The fourth-order valence-electron chi connectivity index (χ4n) is 3.36. The average molecular weight is 346 g/mol. The van der Waals surface area contributed by atoms with Gasteiger partial charge in [0.1, 0.15) is 0 Å². The first kappa shape index (κ1) is 16.7. The van der Waals surface area contributed by atoms with Gasteiger partial charge < -0.3 is 9.80 Å². The molecule has 128 valence electrons. The highest BCUT2D eigenvalue weighted by atomic mass is 32.1. The zero-order valence-corrected chi connectivity index (χ0v) is 15.0. The van der Waals surface area contributed by atoms with Gasteiger partial charge in [0, 0.05) is 45.9 Å². The summed E-state index contributed by atoms with van der Waals surface area (Å²) in [5.41, 5.74) is 2.05. The normalized spacial score (nSPS) is 21.1. The molecule has 2 amide bonds. The zero-order chi connectivity index (χ0) is 17.3. The van der Waals surface area contributed by atoms with Gasteiger partial charge in [0.15, 0.2) is 0 Å². The first-order valence-electron chi connectivity index (χ1n) is 7.97. The standard InChI is InChI=1S/C17H22N4O2S/c1-19(9-12-6-7-24-11-12)17(23)14-4-5-15(22)21(3)16(14)13-8-18-20(2)10-13/h6-8,10-11,14,16H,4-5,9H2,1-3H3/t14-,16+/m0/s1. The smallest absolute Gasteiger partial charge is 0.228 e. The van der Waals surface area contributed by atoms with Gasteiger partial charge in [-0.3, -0.25) is 14.3 Å². The van der Waals surface area contributed by atoms with E-state index in [1.54, 1.807) is 39.1 Å². The zero-order valence-electron chi connectivity index (χ0n) is 14.2. The molecule has 2 aromatic heterocycles. The van der Waals surface area contributed by atoms with Crippen LogP contribution in [0.5, 0.6) is 0 Å². The molecule has 0 saturated carbocycles. The minimum absolute atomic E-state index is 0.0772. The third-order valence-electron chi connectivity index (χ3n) is 4.62. The van der Waals surface area contributed by atoms with Crippen molar-refractivity contribution in [2.75, 3.05) is 14.1 Å². The lowest BCUT2D eigenvalue weighted by atomic mass is 9.84. The van der Waals surface area contributed by atoms with Crippen LogP contribution in [0.2, 0.25) is 0 Å². The second-order valence-electron chi connectivity index (χ2n) is 6.37. The van der Waals surface area contributed by atoms with Crippen LogP contribution in [-0.2, 0) is 23.2 Å². The second-order valence-corrected chi connectivity index (χ2v) is 7.15. The van der Waals surface area contributed by atoms with Crippen molar-refractivity contribution in [1.29, 1.82) is 0 Å². The van der Waals surface area contributed by atoms with E-state index in [-0.39, 0.29) is 23.8 Å². The average Bonchev–Trinajstić information content (AvgIpc) is 3.20. The highest BCUT2D eigenvalue weighted by Crippen LogP contribution is 2.36. The van der Waals surface area contributed by atoms with Gasteiger partial charge in [0.2, 0.25) is 11.8 Å². The molecule has 6 nitrogen and oxygen atoms in total. The third kappa shape index (κ3) is 3.21. The molecule has 3 heterocycles. The van der Waals surface area contributed by atoms with E-state index in [1.165, 1.54) is 0 Å². The van der Waals surface area contributed by atoms with Crippen LogP contribution in [0, 0.1) is 5.92 Å². The Morgan fingerprint density at radius 3 is 2.88 bits per heavy atom. The lowest BCUT2D eigenvalue weighted by Crippen LogP contribution is -2.46. The van der Waals surface area contributed by atoms with Gasteiger partial charge in [-0.2, -0.15) is 16.4 Å². The number of aromatic nitrogens is 2. The molecule has 7 heteroatoms. The lowest BCUT2D eigenvalue weighted by molar-refractivity contribution is -0.146. The Labute approximate surface area is 145 Å². The molecule has 24 heavy (non-hydrogen) atoms. The van der Waals surface area contributed by atoms with Crippen LogP contribution in [0.25, 0.3) is 0 Å². The molecule has 0 bridgehead atoms. The monoisotopic (exact) mass is 346 g/mol. The van der Waals surface area contributed by atoms with Gasteiger partial charge in [0.05, 0.1) is 18.2 Å². The van der Waals surface area contributed by atoms with Crippen LogP contribution in [-0.4, -0.2) is 45.5 Å². The predicted molar refractivity (Wildman–Crippen MR) is 92.2 cm³/mol. The molecule has 1 aliphatic rings. The van der Waals surface area contributed by atoms with Crippen LogP contribution >= 0.6 is 11.3 Å². The number of thiophene rings is 1. The molecule has 0 N–H and O–H groups in total. The molecule has 1 aliphatic heterocycles. The molecule has 1 saturated heterocycles. The number of carbonyl (C=O) groups excluding carboxylic acids is 2. The minimum Gasteiger partial charge on any atom is -0.341 e. The Kier molecular flexibility index (Phi) is 4.71.